The first-order valence-corrected chi connectivity index (χ1v) is 11.3. The smallest absolute Gasteiger partial charge is 0.311 e. The third-order valence-corrected chi connectivity index (χ3v) is 6.07. The lowest BCUT2D eigenvalue weighted by Crippen LogP contribution is -2.06. The van der Waals surface area contributed by atoms with Gasteiger partial charge in [0.15, 0.2) is 11.2 Å². The number of esters is 1. The highest BCUT2D eigenvalue weighted by Gasteiger charge is 2.22. The van der Waals surface area contributed by atoms with Crippen LogP contribution < -0.4 is 4.74 Å². The molecule has 0 saturated heterocycles. The number of aldehydes is 1. The number of ether oxygens (including phenoxy) is 2. The normalized spacial score (nSPS) is 11.0. The standard InChI is InChI=1S/C24H21ClN2O4S/c1-3-30-21(29)11-18-12-27-20(13-28)22(26-24(27)32-18)19-10-17(25)9-15(2)23(19)31-14-16-7-5-4-6-8-16/h4-10,12-13H,3,11,14H2,1-2H3. The van der Waals surface area contributed by atoms with Crippen LogP contribution in [0.25, 0.3) is 16.2 Å². The average molecular weight is 469 g/mol. The van der Waals surface area contributed by atoms with E-state index in [0.29, 0.717) is 45.9 Å². The lowest BCUT2D eigenvalue weighted by Gasteiger charge is -2.14. The van der Waals surface area contributed by atoms with Crippen molar-refractivity contribution in [1.82, 2.24) is 9.38 Å². The van der Waals surface area contributed by atoms with Crippen LogP contribution in [0.2, 0.25) is 5.02 Å². The minimum Gasteiger partial charge on any atom is -0.488 e. The van der Waals surface area contributed by atoms with Crippen LogP contribution in [-0.4, -0.2) is 28.2 Å². The van der Waals surface area contributed by atoms with Gasteiger partial charge in [0, 0.05) is 21.7 Å². The molecular formula is C24H21ClN2O4S. The van der Waals surface area contributed by atoms with Gasteiger partial charge in [-0.15, -0.1) is 11.3 Å². The number of halogens is 1. The molecule has 0 atom stereocenters. The molecular weight excluding hydrogens is 448 g/mol. The maximum atomic E-state index is 12.0. The Balaban J connectivity index is 1.73. The molecule has 0 N–H and O–H groups in total. The first-order chi connectivity index (χ1) is 15.5. The lowest BCUT2D eigenvalue weighted by atomic mass is 10.1. The number of aryl methyl sites for hydroxylation is 1. The summed E-state index contributed by atoms with van der Waals surface area (Å²) in [5.74, 6) is 0.311. The summed E-state index contributed by atoms with van der Waals surface area (Å²) in [5.41, 5.74) is 3.38. The minimum atomic E-state index is -0.313. The van der Waals surface area contributed by atoms with Crippen molar-refractivity contribution in [3.63, 3.8) is 0 Å². The number of nitrogens with zero attached hydrogens (tertiary/aromatic N) is 2. The fourth-order valence-electron chi connectivity index (χ4n) is 3.48. The molecule has 0 bridgehead atoms. The predicted molar refractivity (Wildman–Crippen MR) is 125 cm³/mol. The van der Waals surface area contributed by atoms with Gasteiger partial charge in [0.05, 0.1) is 13.0 Å². The Kier molecular flexibility index (Phi) is 6.58. The van der Waals surface area contributed by atoms with Gasteiger partial charge in [-0.3, -0.25) is 14.0 Å². The molecule has 164 valence electrons. The van der Waals surface area contributed by atoms with E-state index in [1.54, 1.807) is 23.6 Å². The van der Waals surface area contributed by atoms with Gasteiger partial charge in [0.1, 0.15) is 23.7 Å². The van der Waals surface area contributed by atoms with Crippen molar-refractivity contribution in [3.8, 4) is 17.0 Å². The number of thiazole rings is 1. The van der Waals surface area contributed by atoms with Crippen LogP contribution in [0.3, 0.4) is 0 Å². The van der Waals surface area contributed by atoms with Gasteiger partial charge < -0.3 is 9.47 Å². The summed E-state index contributed by atoms with van der Waals surface area (Å²) < 4.78 is 12.9. The summed E-state index contributed by atoms with van der Waals surface area (Å²) in [6.45, 7) is 4.37. The SMILES string of the molecule is CCOC(=O)Cc1cn2c(C=O)c(-c3cc(Cl)cc(C)c3OCc3ccccc3)nc2s1. The molecule has 32 heavy (non-hydrogen) atoms. The van der Waals surface area contributed by atoms with E-state index < -0.39 is 0 Å². The average Bonchev–Trinajstić information content (AvgIpc) is 3.30. The second kappa shape index (κ2) is 9.54. The summed E-state index contributed by atoms with van der Waals surface area (Å²) in [7, 11) is 0. The number of benzene rings is 2. The topological polar surface area (TPSA) is 69.9 Å². The van der Waals surface area contributed by atoms with Crippen molar-refractivity contribution in [2.45, 2.75) is 26.9 Å². The van der Waals surface area contributed by atoms with Gasteiger partial charge in [0.2, 0.25) is 0 Å². The number of hydrogen-bond donors (Lipinski definition) is 0. The van der Waals surface area contributed by atoms with Crippen LogP contribution in [0.5, 0.6) is 5.75 Å². The molecule has 2 aromatic heterocycles. The van der Waals surface area contributed by atoms with E-state index in [9.17, 15) is 9.59 Å². The number of hydrogen-bond acceptors (Lipinski definition) is 6. The summed E-state index contributed by atoms with van der Waals surface area (Å²) in [6, 6.07) is 13.4. The largest absolute Gasteiger partial charge is 0.488 e. The summed E-state index contributed by atoms with van der Waals surface area (Å²) in [4.78, 5) is 29.9. The molecule has 0 saturated carbocycles. The van der Waals surface area contributed by atoms with Gasteiger partial charge in [-0.1, -0.05) is 41.9 Å². The van der Waals surface area contributed by atoms with Crippen molar-refractivity contribution in [3.05, 3.63) is 75.4 Å². The number of carbonyl (C=O) groups excluding carboxylic acids is 2. The summed E-state index contributed by atoms with van der Waals surface area (Å²) in [5, 5.41) is 0.528. The first-order valence-electron chi connectivity index (χ1n) is 10.1. The Morgan fingerprint density at radius 2 is 2.03 bits per heavy atom. The molecule has 0 unspecified atom stereocenters. The molecule has 0 amide bonds. The lowest BCUT2D eigenvalue weighted by molar-refractivity contribution is -0.142. The molecule has 8 heteroatoms. The summed E-state index contributed by atoms with van der Waals surface area (Å²) in [6.07, 6.45) is 2.64. The Morgan fingerprint density at radius 1 is 1.25 bits per heavy atom. The molecule has 6 nitrogen and oxygen atoms in total. The quantitative estimate of drug-likeness (QED) is 0.251. The number of aromatic nitrogens is 2. The molecule has 2 aromatic carbocycles. The Hall–Kier alpha value is -3.16. The first kappa shape index (κ1) is 22.0. The Bertz CT molecular complexity index is 1280. The van der Waals surface area contributed by atoms with Crippen LogP contribution >= 0.6 is 22.9 Å². The maximum Gasteiger partial charge on any atom is 0.311 e. The molecule has 0 aliphatic heterocycles. The second-order valence-corrected chi connectivity index (χ2v) is 8.70. The highest BCUT2D eigenvalue weighted by atomic mass is 35.5. The van der Waals surface area contributed by atoms with Gasteiger partial charge in [-0.05, 0) is 37.1 Å². The number of carbonyl (C=O) groups is 2. The molecule has 0 radical (unpaired) electrons. The van der Waals surface area contributed by atoms with E-state index in [1.165, 1.54) is 11.3 Å². The molecule has 0 spiro atoms. The van der Waals surface area contributed by atoms with E-state index in [4.69, 9.17) is 21.1 Å². The summed E-state index contributed by atoms with van der Waals surface area (Å²) >= 11 is 7.68. The van der Waals surface area contributed by atoms with Crippen molar-refractivity contribution < 1.29 is 19.1 Å². The van der Waals surface area contributed by atoms with Crippen LogP contribution in [0, 0.1) is 6.92 Å². The molecule has 4 rings (SSSR count). The van der Waals surface area contributed by atoms with Crippen molar-refractivity contribution in [2.24, 2.45) is 0 Å². The van der Waals surface area contributed by atoms with Crippen LogP contribution in [0.4, 0.5) is 0 Å². The highest BCUT2D eigenvalue weighted by molar-refractivity contribution is 7.17. The zero-order valence-electron chi connectivity index (χ0n) is 17.6. The monoisotopic (exact) mass is 468 g/mol. The number of fused-ring (bicyclic) bond motifs is 1. The van der Waals surface area contributed by atoms with Gasteiger partial charge >= 0.3 is 5.97 Å². The number of imidazole rings is 1. The van der Waals surface area contributed by atoms with E-state index in [0.717, 1.165) is 22.3 Å². The van der Waals surface area contributed by atoms with Crippen LogP contribution in [0.15, 0.2) is 48.7 Å². The third kappa shape index (κ3) is 4.54. The number of rotatable bonds is 8. The van der Waals surface area contributed by atoms with E-state index >= 15 is 0 Å². The fraction of sp³-hybridized carbons (Fsp3) is 0.208. The Labute approximate surface area is 194 Å². The molecule has 0 fully saturated rings. The fourth-order valence-corrected chi connectivity index (χ4v) is 4.72. The zero-order chi connectivity index (χ0) is 22.7. The minimum absolute atomic E-state index is 0.136. The molecule has 4 aromatic rings. The van der Waals surface area contributed by atoms with Crippen LogP contribution in [-0.2, 0) is 22.6 Å². The third-order valence-electron chi connectivity index (χ3n) is 4.87. The van der Waals surface area contributed by atoms with Crippen molar-refractivity contribution in [2.75, 3.05) is 6.61 Å². The van der Waals surface area contributed by atoms with Gasteiger partial charge in [0.25, 0.3) is 0 Å². The second-order valence-electron chi connectivity index (χ2n) is 7.17. The van der Waals surface area contributed by atoms with E-state index in [1.807, 2.05) is 43.3 Å². The van der Waals surface area contributed by atoms with Crippen molar-refractivity contribution >= 4 is 40.2 Å². The molecule has 0 aliphatic rings. The predicted octanol–water partition coefficient (Wildman–Crippen LogP) is 5.52. The van der Waals surface area contributed by atoms with Crippen LogP contribution in [0.1, 0.15) is 33.4 Å². The van der Waals surface area contributed by atoms with Gasteiger partial charge in [-0.25, -0.2) is 4.98 Å². The van der Waals surface area contributed by atoms with E-state index in [2.05, 4.69) is 4.98 Å². The zero-order valence-corrected chi connectivity index (χ0v) is 19.2. The highest BCUT2D eigenvalue weighted by Crippen LogP contribution is 2.38. The molecule has 2 heterocycles. The van der Waals surface area contributed by atoms with Crippen molar-refractivity contribution in [1.29, 1.82) is 0 Å². The molecule has 0 aliphatic carbocycles. The Morgan fingerprint density at radius 3 is 2.75 bits per heavy atom. The maximum absolute atomic E-state index is 12.0. The van der Waals surface area contributed by atoms with E-state index in [-0.39, 0.29) is 12.4 Å². The van der Waals surface area contributed by atoms with Gasteiger partial charge in [-0.2, -0.15) is 0 Å².